The van der Waals surface area contributed by atoms with Crippen molar-refractivity contribution < 1.29 is 9.90 Å². The van der Waals surface area contributed by atoms with Crippen LogP contribution in [0.15, 0.2) is 11.0 Å². The lowest BCUT2D eigenvalue weighted by Crippen LogP contribution is -2.38. The first kappa shape index (κ1) is 13.7. The average Bonchev–Trinajstić information content (AvgIpc) is 2.66. The number of thiazole rings is 1. The van der Waals surface area contributed by atoms with Gasteiger partial charge in [0.1, 0.15) is 5.56 Å². The summed E-state index contributed by atoms with van der Waals surface area (Å²) in [6, 6.07) is -0.405. The second kappa shape index (κ2) is 5.10. The van der Waals surface area contributed by atoms with Crippen LogP contribution in [-0.4, -0.2) is 33.0 Å². The van der Waals surface area contributed by atoms with E-state index < -0.39 is 11.9 Å². The maximum Gasteiger partial charge on any atom is 0.271 e. The van der Waals surface area contributed by atoms with Gasteiger partial charge in [0.15, 0.2) is 4.96 Å². The van der Waals surface area contributed by atoms with Crippen molar-refractivity contribution in [3.8, 4) is 0 Å². The smallest absolute Gasteiger partial charge is 0.271 e. The molecule has 0 aliphatic carbocycles. The molecule has 102 valence electrons. The molecular weight excluding hydrogens is 266 g/mol. The molecule has 2 rings (SSSR count). The number of nitrogens with one attached hydrogen (secondary N) is 1. The molecule has 7 heteroatoms. The molecule has 1 unspecified atom stereocenters. The Morgan fingerprint density at radius 3 is 2.89 bits per heavy atom. The number of aliphatic hydroxyl groups is 1. The van der Waals surface area contributed by atoms with Crippen LogP contribution in [0.2, 0.25) is 0 Å². The second-order valence-electron chi connectivity index (χ2n) is 4.40. The van der Waals surface area contributed by atoms with E-state index >= 15 is 0 Å². The van der Waals surface area contributed by atoms with E-state index in [1.165, 1.54) is 21.9 Å². The number of aliphatic hydroxyl groups excluding tert-OH is 1. The van der Waals surface area contributed by atoms with Gasteiger partial charge in [0.05, 0.1) is 6.61 Å². The molecule has 2 heterocycles. The molecule has 0 radical (unpaired) electrons. The van der Waals surface area contributed by atoms with Gasteiger partial charge in [0.25, 0.3) is 11.5 Å². The number of hydrogen-bond donors (Lipinski definition) is 2. The molecule has 0 aromatic carbocycles. The average molecular weight is 281 g/mol. The molecule has 0 saturated heterocycles. The standard InChI is InChI=1S/C12H15N3O3S/c1-6(5-16)14-10(17)9-4-13-12-15(11(9)18)7(2)8(3)19-12/h4,6,16H,5H2,1-3H3,(H,14,17). The molecule has 2 aromatic rings. The molecule has 6 nitrogen and oxygen atoms in total. The molecule has 2 aromatic heterocycles. The van der Waals surface area contributed by atoms with Gasteiger partial charge in [-0.2, -0.15) is 0 Å². The Balaban J connectivity index is 2.51. The third kappa shape index (κ3) is 2.39. The summed E-state index contributed by atoms with van der Waals surface area (Å²) >= 11 is 1.41. The highest BCUT2D eigenvalue weighted by molar-refractivity contribution is 7.17. The second-order valence-corrected chi connectivity index (χ2v) is 5.58. The number of carbonyl (C=O) groups is 1. The SMILES string of the molecule is Cc1sc2ncc(C(=O)NC(C)CO)c(=O)n2c1C. The maximum absolute atomic E-state index is 12.3. The van der Waals surface area contributed by atoms with Crippen LogP contribution in [0.1, 0.15) is 27.9 Å². The number of fused-ring (bicyclic) bond motifs is 1. The Bertz CT molecular complexity index is 689. The number of amides is 1. The lowest BCUT2D eigenvalue weighted by molar-refractivity contribution is 0.0920. The third-order valence-electron chi connectivity index (χ3n) is 2.91. The summed E-state index contributed by atoms with van der Waals surface area (Å²) in [6.07, 6.45) is 1.28. The summed E-state index contributed by atoms with van der Waals surface area (Å²) in [5.41, 5.74) is 0.399. The van der Waals surface area contributed by atoms with Gasteiger partial charge in [0.2, 0.25) is 0 Å². The van der Waals surface area contributed by atoms with Gasteiger partial charge in [-0.1, -0.05) is 0 Å². The Hall–Kier alpha value is -1.73. The molecule has 0 aliphatic rings. The van der Waals surface area contributed by atoms with Crippen LogP contribution in [0.5, 0.6) is 0 Å². The first-order valence-corrected chi connectivity index (χ1v) is 6.66. The Kier molecular flexibility index (Phi) is 3.68. The van der Waals surface area contributed by atoms with Crippen molar-refractivity contribution in [1.29, 1.82) is 0 Å². The Morgan fingerprint density at radius 1 is 1.58 bits per heavy atom. The number of aromatic nitrogens is 2. The van der Waals surface area contributed by atoms with Crippen molar-refractivity contribution in [1.82, 2.24) is 14.7 Å². The van der Waals surface area contributed by atoms with Gasteiger partial charge in [-0.05, 0) is 20.8 Å². The highest BCUT2D eigenvalue weighted by Crippen LogP contribution is 2.18. The fraction of sp³-hybridized carbons (Fsp3) is 0.417. The quantitative estimate of drug-likeness (QED) is 0.857. The lowest BCUT2D eigenvalue weighted by atomic mass is 10.2. The normalized spacial score (nSPS) is 12.6. The molecule has 0 spiro atoms. The van der Waals surface area contributed by atoms with E-state index in [-0.39, 0.29) is 17.7 Å². The minimum atomic E-state index is -0.517. The number of nitrogens with zero attached hydrogens (tertiary/aromatic N) is 2. The van der Waals surface area contributed by atoms with Gasteiger partial charge in [-0.15, -0.1) is 11.3 Å². The van der Waals surface area contributed by atoms with Gasteiger partial charge in [-0.3, -0.25) is 14.0 Å². The summed E-state index contributed by atoms with van der Waals surface area (Å²) in [4.78, 5) is 29.9. The van der Waals surface area contributed by atoms with Crippen LogP contribution in [0, 0.1) is 13.8 Å². The molecule has 1 amide bonds. The monoisotopic (exact) mass is 281 g/mol. The predicted octanol–water partition coefficient (Wildman–Crippen LogP) is 0.483. The molecule has 2 N–H and O–H groups in total. The molecule has 0 bridgehead atoms. The van der Waals surface area contributed by atoms with Crippen molar-refractivity contribution in [3.05, 3.63) is 32.7 Å². The predicted molar refractivity (Wildman–Crippen MR) is 72.8 cm³/mol. The molecule has 19 heavy (non-hydrogen) atoms. The van der Waals surface area contributed by atoms with E-state index in [0.29, 0.717) is 4.96 Å². The summed E-state index contributed by atoms with van der Waals surface area (Å²) in [6.45, 7) is 5.20. The minimum absolute atomic E-state index is 0.0151. The van der Waals surface area contributed by atoms with E-state index in [1.807, 2.05) is 13.8 Å². The van der Waals surface area contributed by atoms with E-state index in [1.54, 1.807) is 6.92 Å². The van der Waals surface area contributed by atoms with Gasteiger partial charge in [-0.25, -0.2) is 4.98 Å². The van der Waals surface area contributed by atoms with Crippen LogP contribution in [0.25, 0.3) is 4.96 Å². The Morgan fingerprint density at radius 2 is 2.26 bits per heavy atom. The van der Waals surface area contributed by atoms with E-state index in [4.69, 9.17) is 5.11 Å². The largest absolute Gasteiger partial charge is 0.394 e. The Labute approximate surface area is 113 Å². The third-order valence-corrected chi connectivity index (χ3v) is 3.99. The highest BCUT2D eigenvalue weighted by Gasteiger charge is 2.17. The van der Waals surface area contributed by atoms with E-state index in [0.717, 1.165) is 10.6 Å². The number of hydrogen-bond acceptors (Lipinski definition) is 5. The number of carbonyl (C=O) groups excluding carboxylic acids is 1. The van der Waals surface area contributed by atoms with E-state index in [9.17, 15) is 9.59 Å². The lowest BCUT2D eigenvalue weighted by Gasteiger charge is -2.10. The van der Waals surface area contributed by atoms with Crippen LogP contribution < -0.4 is 10.9 Å². The zero-order valence-corrected chi connectivity index (χ0v) is 11.7. The van der Waals surface area contributed by atoms with Crippen molar-refractivity contribution in [3.63, 3.8) is 0 Å². The minimum Gasteiger partial charge on any atom is -0.394 e. The summed E-state index contributed by atoms with van der Waals surface area (Å²) < 4.78 is 1.44. The summed E-state index contributed by atoms with van der Waals surface area (Å²) in [7, 11) is 0. The fourth-order valence-corrected chi connectivity index (χ4v) is 2.61. The molecule has 0 aliphatic heterocycles. The zero-order chi connectivity index (χ0) is 14.2. The van der Waals surface area contributed by atoms with Gasteiger partial charge >= 0.3 is 0 Å². The van der Waals surface area contributed by atoms with Gasteiger partial charge in [0, 0.05) is 22.8 Å². The van der Waals surface area contributed by atoms with E-state index in [2.05, 4.69) is 10.3 Å². The first-order chi connectivity index (χ1) is 8.95. The van der Waals surface area contributed by atoms with Crippen LogP contribution >= 0.6 is 11.3 Å². The number of rotatable bonds is 3. The number of aryl methyl sites for hydroxylation is 2. The van der Waals surface area contributed by atoms with Crippen LogP contribution in [0.3, 0.4) is 0 Å². The molecule has 0 fully saturated rings. The topological polar surface area (TPSA) is 83.7 Å². The van der Waals surface area contributed by atoms with Crippen molar-refractivity contribution in [2.75, 3.05) is 6.61 Å². The highest BCUT2D eigenvalue weighted by atomic mass is 32.1. The maximum atomic E-state index is 12.3. The first-order valence-electron chi connectivity index (χ1n) is 5.85. The van der Waals surface area contributed by atoms with Crippen molar-refractivity contribution >= 4 is 22.2 Å². The zero-order valence-electron chi connectivity index (χ0n) is 10.9. The molecular formula is C12H15N3O3S. The molecule has 0 saturated carbocycles. The van der Waals surface area contributed by atoms with Crippen molar-refractivity contribution in [2.45, 2.75) is 26.8 Å². The molecule has 1 atom stereocenters. The summed E-state index contributed by atoms with van der Waals surface area (Å²) in [5.74, 6) is -0.517. The van der Waals surface area contributed by atoms with Crippen LogP contribution in [0.4, 0.5) is 0 Å². The summed E-state index contributed by atoms with van der Waals surface area (Å²) in [5, 5.41) is 11.4. The fourth-order valence-electron chi connectivity index (χ4n) is 1.68. The van der Waals surface area contributed by atoms with Crippen molar-refractivity contribution in [2.24, 2.45) is 0 Å². The van der Waals surface area contributed by atoms with Gasteiger partial charge < -0.3 is 10.4 Å². The van der Waals surface area contributed by atoms with Crippen LogP contribution in [-0.2, 0) is 0 Å².